The van der Waals surface area contributed by atoms with Gasteiger partial charge in [-0.3, -0.25) is 0 Å². The van der Waals surface area contributed by atoms with E-state index in [4.69, 9.17) is 5.90 Å². The molecule has 3 heteroatoms. The highest BCUT2D eigenvalue weighted by molar-refractivity contribution is 4.39. The fourth-order valence-corrected chi connectivity index (χ4v) is 0.304. The van der Waals surface area contributed by atoms with Gasteiger partial charge in [0.05, 0.1) is 6.61 Å². The zero-order valence-corrected chi connectivity index (χ0v) is 6.11. The van der Waals surface area contributed by atoms with Crippen molar-refractivity contribution in [1.29, 1.82) is 0 Å². The number of hydrogen-bond acceptors (Lipinski definition) is 2. The summed E-state index contributed by atoms with van der Waals surface area (Å²) in [7, 11) is 0. The average Bonchev–Trinajstić information content (AvgIpc) is 1.61. The second kappa shape index (κ2) is 7.21. The van der Waals surface area contributed by atoms with E-state index < -0.39 is 0 Å². The van der Waals surface area contributed by atoms with Gasteiger partial charge in [0, 0.05) is 0 Å². The molecule has 0 aliphatic heterocycles. The monoisotopic (exact) mass is 138 g/mol. The molecule has 0 unspecified atom stereocenters. The van der Waals surface area contributed by atoms with Crippen LogP contribution in [0, 0.1) is 5.92 Å². The summed E-state index contributed by atoms with van der Waals surface area (Å²) in [5.74, 6) is 5.47. The lowest BCUT2D eigenvalue weighted by atomic mass is 10.1. The first-order valence-corrected chi connectivity index (χ1v) is 2.59. The molecule has 0 saturated heterocycles. The standard InChI is InChI=1S/C5H13NO.ClH/c1-5(2)3-4-7-6;/h5H,3-4,6H2,1-2H3;1H/p-1. The first-order valence-electron chi connectivity index (χ1n) is 2.59. The molecule has 0 fully saturated rings. The molecule has 2 nitrogen and oxygen atoms in total. The quantitative estimate of drug-likeness (QED) is 0.455. The lowest BCUT2D eigenvalue weighted by Gasteiger charge is -1.99. The Hall–Kier alpha value is 0.210. The molecule has 0 radical (unpaired) electrons. The van der Waals surface area contributed by atoms with E-state index in [0.717, 1.165) is 6.42 Å². The molecule has 0 aromatic carbocycles. The summed E-state index contributed by atoms with van der Waals surface area (Å²) in [5.41, 5.74) is 0. The number of nitrogens with two attached hydrogens (primary N) is 1. The van der Waals surface area contributed by atoms with Crippen LogP contribution in [-0.4, -0.2) is 6.61 Å². The van der Waals surface area contributed by atoms with Crippen molar-refractivity contribution in [2.45, 2.75) is 20.3 Å². The summed E-state index contributed by atoms with van der Waals surface area (Å²) >= 11 is 0. The Morgan fingerprint density at radius 1 is 1.50 bits per heavy atom. The molecule has 0 spiro atoms. The third-order valence-electron chi connectivity index (χ3n) is 0.813. The highest BCUT2D eigenvalue weighted by Crippen LogP contribution is 1.96. The molecule has 0 amide bonds. The summed E-state index contributed by atoms with van der Waals surface area (Å²) in [6.07, 6.45) is 1.05. The number of rotatable bonds is 3. The molecular weight excluding hydrogens is 126 g/mol. The summed E-state index contributed by atoms with van der Waals surface area (Å²) < 4.78 is 0. The predicted octanol–water partition coefficient (Wildman–Crippen LogP) is -2.07. The molecule has 52 valence electrons. The highest BCUT2D eigenvalue weighted by Gasteiger charge is 1.89. The van der Waals surface area contributed by atoms with Crippen LogP contribution in [0.1, 0.15) is 20.3 Å². The first kappa shape index (κ1) is 11.1. The second-order valence-corrected chi connectivity index (χ2v) is 2.05. The van der Waals surface area contributed by atoms with E-state index in [0.29, 0.717) is 12.5 Å². The minimum atomic E-state index is 0. The summed E-state index contributed by atoms with van der Waals surface area (Å²) in [4.78, 5) is 4.35. The molecule has 8 heavy (non-hydrogen) atoms. The molecule has 0 bridgehead atoms. The Bertz CT molecular complexity index is 41.4. The van der Waals surface area contributed by atoms with Crippen LogP contribution in [-0.2, 0) is 4.84 Å². The Balaban J connectivity index is 0. The molecule has 0 heterocycles. The SMILES string of the molecule is CC(C)CCON.[Cl-]. The highest BCUT2D eigenvalue weighted by atomic mass is 35.5. The van der Waals surface area contributed by atoms with Crippen LogP contribution in [0.4, 0.5) is 0 Å². The topological polar surface area (TPSA) is 35.2 Å². The third kappa shape index (κ3) is 9.51. The fourth-order valence-electron chi connectivity index (χ4n) is 0.304. The molecular formula is C5H13ClNO-. The van der Waals surface area contributed by atoms with Crippen LogP contribution in [0.2, 0.25) is 0 Å². The lowest BCUT2D eigenvalue weighted by molar-refractivity contribution is -0.00000232. The Labute approximate surface area is 56.8 Å². The van der Waals surface area contributed by atoms with Crippen molar-refractivity contribution >= 4 is 0 Å². The van der Waals surface area contributed by atoms with Gasteiger partial charge in [-0.1, -0.05) is 13.8 Å². The number of hydrogen-bond donors (Lipinski definition) is 1. The molecule has 2 N–H and O–H groups in total. The van der Waals surface area contributed by atoms with Gasteiger partial charge in [0.1, 0.15) is 0 Å². The predicted molar refractivity (Wildman–Crippen MR) is 29.6 cm³/mol. The van der Waals surface area contributed by atoms with Crippen LogP contribution in [0.25, 0.3) is 0 Å². The smallest absolute Gasteiger partial charge is 0.0681 e. The summed E-state index contributed by atoms with van der Waals surface area (Å²) in [6, 6.07) is 0. The second-order valence-electron chi connectivity index (χ2n) is 2.05. The van der Waals surface area contributed by atoms with Crippen LogP contribution >= 0.6 is 0 Å². The average molecular weight is 139 g/mol. The van der Waals surface area contributed by atoms with Crippen molar-refractivity contribution in [2.75, 3.05) is 6.61 Å². The Kier molecular flexibility index (Phi) is 9.97. The molecule has 0 aliphatic carbocycles. The number of halogens is 1. The van der Waals surface area contributed by atoms with E-state index >= 15 is 0 Å². The Morgan fingerprint density at radius 3 is 2.12 bits per heavy atom. The van der Waals surface area contributed by atoms with Gasteiger partial charge in [0.25, 0.3) is 0 Å². The van der Waals surface area contributed by atoms with E-state index in [-0.39, 0.29) is 12.4 Å². The van der Waals surface area contributed by atoms with Gasteiger partial charge < -0.3 is 17.2 Å². The van der Waals surface area contributed by atoms with Crippen molar-refractivity contribution in [3.8, 4) is 0 Å². The van der Waals surface area contributed by atoms with Gasteiger partial charge >= 0.3 is 0 Å². The maximum absolute atomic E-state index is 4.78. The van der Waals surface area contributed by atoms with Gasteiger partial charge in [-0.2, -0.15) is 0 Å². The molecule has 0 atom stereocenters. The van der Waals surface area contributed by atoms with E-state index in [1.54, 1.807) is 0 Å². The van der Waals surface area contributed by atoms with E-state index in [2.05, 4.69) is 18.7 Å². The maximum atomic E-state index is 4.78. The molecule has 0 rings (SSSR count). The van der Waals surface area contributed by atoms with Gasteiger partial charge in [-0.25, -0.2) is 5.90 Å². The van der Waals surface area contributed by atoms with Crippen molar-refractivity contribution in [3.63, 3.8) is 0 Å². The minimum Gasteiger partial charge on any atom is -1.00 e. The minimum absolute atomic E-state index is 0. The van der Waals surface area contributed by atoms with E-state index in [9.17, 15) is 0 Å². The lowest BCUT2D eigenvalue weighted by Crippen LogP contribution is -3.00. The van der Waals surface area contributed by atoms with Gasteiger partial charge in [-0.15, -0.1) is 0 Å². The van der Waals surface area contributed by atoms with Crippen molar-refractivity contribution in [3.05, 3.63) is 0 Å². The molecule has 0 aromatic rings. The van der Waals surface area contributed by atoms with Crippen LogP contribution in [0.5, 0.6) is 0 Å². The molecule has 0 saturated carbocycles. The zero-order chi connectivity index (χ0) is 5.70. The first-order chi connectivity index (χ1) is 3.27. The summed E-state index contributed by atoms with van der Waals surface area (Å²) in [6.45, 7) is 4.95. The summed E-state index contributed by atoms with van der Waals surface area (Å²) in [5, 5.41) is 0. The van der Waals surface area contributed by atoms with Gasteiger partial charge in [0.2, 0.25) is 0 Å². The van der Waals surface area contributed by atoms with Gasteiger partial charge in [0.15, 0.2) is 0 Å². The van der Waals surface area contributed by atoms with Crippen molar-refractivity contribution in [2.24, 2.45) is 11.8 Å². The maximum Gasteiger partial charge on any atom is 0.0681 e. The zero-order valence-electron chi connectivity index (χ0n) is 5.36. The van der Waals surface area contributed by atoms with E-state index in [1.807, 2.05) is 0 Å². The Morgan fingerprint density at radius 2 is 2.00 bits per heavy atom. The molecule has 0 aromatic heterocycles. The van der Waals surface area contributed by atoms with E-state index in [1.165, 1.54) is 0 Å². The van der Waals surface area contributed by atoms with Crippen LogP contribution in [0.15, 0.2) is 0 Å². The van der Waals surface area contributed by atoms with Gasteiger partial charge in [-0.05, 0) is 12.3 Å². The fraction of sp³-hybridized carbons (Fsp3) is 1.00. The normalized spacial score (nSPS) is 9.00. The van der Waals surface area contributed by atoms with Crippen molar-refractivity contribution < 1.29 is 17.2 Å². The van der Waals surface area contributed by atoms with Crippen molar-refractivity contribution in [1.82, 2.24) is 0 Å². The third-order valence-corrected chi connectivity index (χ3v) is 0.813. The van der Waals surface area contributed by atoms with Crippen LogP contribution in [0.3, 0.4) is 0 Å². The largest absolute Gasteiger partial charge is 1.00 e. The van der Waals surface area contributed by atoms with Crippen LogP contribution < -0.4 is 18.3 Å². The molecule has 0 aliphatic rings.